The molecule has 1 aliphatic carbocycles. The molecule has 1 aromatic rings. The van der Waals surface area contributed by atoms with Crippen molar-refractivity contribution in [1.82, 2.24) is 4.72 Å². The molecule has 1 unspecified atom stereocenters. The number of rotatable bonds is 4. The molecule has 1 aromatic carbocycles. The van der Waals surface area contributed by atoms with Crippen LogP contribution in [-0.2, 0) is 32.7 Å². The topological polar surface area (TPSA) is 80.3 Å². The summed E-state index contributed by atoms with van der Waals surface area (Å²) in [4.78, 5) is 0.281. The highest BCUT2D eigenvalue weighted by Gasteiger charge is 2.29. The van der Waals surface area contributed by atoms with Crippen LogP contribution in [0.4, 0.5) is 0 Å². The van der Waals surface area contributed by atoms with Crippen molar-refractivity contribution in [3.63, 3.8) is 0 Å². The Morgan fingerprint density at radius 1 is 1.19 bits per heavy atom. The van der Waals surface area contributed by atoms with Crippen LogP contribution in [0.25, 0.3) is 0 Å². The number of sulfonamides is 1. The number of sulfone groups is 1. The molecule has 1 fully saturated rings. The Kier molecular flexibility index (Phi) is 3.83. The van der Waals surface area contributed by atoms with Gasteiger partial charge in [0.25, 0.3) is 0 Å². The highest BCUT2D eigenvalue weighted by atomic mass is 32.2. The van der Waals surface area contributed by atoms with Gasteiger partial charge in [0.2, 0.25) is 10.0 Å². The van der Waals surface area contributed by atoms with E-state index in [2.05, 4.69) is 4.72 Å². The third kappa shape index (κ3) is 3.30. The molecule has 0 bridgehead atoms. The van der Waals surface area contributed by atoms with E-state index in [1.165, 1.54) is 5.56 Å². The Hall–Kier alpha value is -0.920. The second kappa shape index (κ2) is 5.37. The molecule has 21 heavy (non-hydrogen) atoms. The molecule has 0 aromatic heterocycles. The van der Waals surface area contributed by atoms with Crippen molar-refractivity contribution in [2.75, 3.05) is 18.1 Å². The van der Waals surface area contributed by atoms with Gasteiger partial charge in [-0.05, 0) is 54.9 Å². The highest BCUT2D eigenvalue weighted by Crippen LogP contribution is 2.25. The van der Waals surface area contributed by atoms with Crippen molar-refractivity contribution in [2.45, 2.75) is 30.6 Å². The molecule has 3 rings (SSSR count). The quantitative estimate of drug-likeness (QED) is 0.889. The van der Waals surface area contributed by atoms with E-state index in [1.807, 2.05) is 6.07 Å². The largest absolute Gasteiger partial charge is 0.240 e. The first-order valence-corrected chi connectivity index (χ1v) is 10.5. The second-order valence-electron chi connectivity index (χ2n) is 5.91. The molecule has 1 aliphatic heterocycles. The second-order valence-corrected chi connectivity index (χ2v) is 9.90. The molecule has 7 heteroatoms. The van der Waals surface area contributed by atoms with Gasteiger partial charge in [-0.1, -0.05) is 6.07 Å². The maximum Gasteiger partial charge on any atom is 0.240 e. The van der Waals surface area contributed by atoms with Crippen molar-refractivity contribution in [3.8, 4) is 0 Å². The minimum atomic E-state index is -3.55. The number of hydrogen-bond donors (Lipinski definition) is 1. The van der Waals surface area contributed by atoms with Gasteiger partial charge in [0, 0.05) is 6.54 Å². The maximum atomic E-state index is 12.3. The summed E-state index contributed by atoms with van der Waals surface area (Å²) in [6, 6.07) is 5.27. The lowest BCUT2D eigenvalue weighted by atomic mass is 10.1. The summed E-state index contributed by atoms with van der Waals surface area (Å²) < 4.78 is 49.9. The minimum Gasteiger partial charge on any atom is -0.229 e. The molecule has 116 valence electrons. The van der Waals surface area contributed by atoms with Crippen LogP contribution in [0.2, 0.25) is 0 Å². The van der Waals surface area contributed by atoms with Gasteiger partial charge >= 0.3 is 0 Å². The van der Waals surface area contributed by atoms with Gasteiger partial charge in [-0.3, -0.25) is 0 Å². The third-order valence-corrected chi connectivity index (χ3v) is 7.53. The zero-order valence-electron chi connectivity index (χ0n) is 11.7. The zero-order chi connectivity index (χ0) is 15.1. The molecule has 5 nitrogen and oxygen atoms in total. The van der Waals surface area contributed by atoms with Crippen LogP contribution in [-0.4, -0.2) is 34.9 Å². The first-order chi connectivity index (χ1) is 9.86. The van der Waals surface area contributed by atoms with Gasteiger partial charge in [-0.2, -0.15) is 0 Å². The summed E-state index contributed by atoms with van der Waals surface area (Å²) in [5, 5.41) is 0. The van der Waals surface area contributed by atoms with E-state index in [-0.39, 0.29) is 28.9 Å². The van der Waals surface area contributed by atoms with Crippen LogP contribution in [0.15, 0.2) is 23.1 Å². The number of hydrogen-bond acceptors (Lipinski definition) is 4. The van der Waals surface area contributed by atoms with Gasteiger partial charge < -0.3 is 0 Å². The van der Waals surface area contributed by atoms with Gasteiger partial charge in [-0.15, -0.1) is 0 Å². The minimum absolute atomic E-state index is 0.0830. The van der Waals surface area contributed by atoms with Crippen LogP contribution in [0, 0.1) is 5.92 Å². The molecular weight excluding hydrogens is 310 g/mol. The molecule has 0 amide bonds. The zero-order valence-corrected chi connectivity index (χ0v) is 13.3. The van der Waals surface area contributed by atoms with E-state index in [1.54, 1.807) is 12.1 Å². The lowest BCUT2D eigenvalue weighted by Gasteiger charge is -2.11. The predicted octanol–water partition coefficient (Wildman–Crippen LogP) is 0.888. The first kappa shape index (κ1) is 15.0. The highest BCUT2D eigenvalue weighted by molar-refractivity contribution is 7.91. The summed E-state index contributed by atoms with van der Waals surface area (Å²) in [7, 11) is -6.52. The standard InChI is InChI=1S/C14H19NO4S2/c16-20(17)7-6-11(10-20)9-15-21(18,19)14-5-4-12-2-1-3-13(12)8-14/h4-5,8,11,15H,1-3,6-7,9-10H2. The van der Waals surface area contributed by atoms with Gasteiger partial charge in [0.05, 0.1) is 16.4 Å². The normalized spacial score (nSPS) is 24.1. The Morgan fingerprint density at radius 3 is 2.67 bits per heavy atom. The Bertz CT molecular complexity index is 753. The molecule has 1 atom stereocenters. The van der Waals surface area contributed by atoms with Crippen molar-refractivity contribution in [1.29, 1.82) is 0 Å². The van der Waals surface area contributed by atoms with E-state index in [9.17, 15) is 16.8 Å². The number of nitrogens with one attached hydrogen (secondary N) is 1. The van der Waals surface area contributed by atoms with Crippen LogP contribution < -0.4 is 4.72 Å². The van der Waals surface area contributed by atoms with E-state index >= 15 is 0 Å². The molecule has 0 saturated carbocycles. The summed E-state index contributed by atoms with van der Waals surface area (Å²) in [6.45, 7) is 0.193. The van der Waals surface area contributed by atoms with E-state index in [0.717, 1.165) is 24.8 Å². The fourth-order valence-corrected chi connectivity index (χ4v) is 6.09. The molecule has 0 radical (unpaired) electrons. The third-order valence-electron chi connectivity index (χ3n) is 4.27. The lowest BCUT2D eigenvalue weighted by Crippen LogP contribution is -2.30. The molecule has 2 aliphatic rings. The smallest absolute Gasteiger partial charge is 0.229 e. The summed E-state index contributed by atoms with van der Waals surface area (Å²) in [5.41, 5.74) is 2.34. The van der Waals surface area contributed by atoms with E-state index in [0.29, 0.717) is 6.42 Å². The Morgan fingerprint density at radius 2 is 1.95 bits per heavy atom. The summed E-state index contributed by atoms with van der Waals surface area (Å²) in [5.74, 6) is 0.136. The molecule has 0 spiro atoms. The van der Waals surface area contributed by atoms with Gasteiger partial charge in [-0.25, -0.2) is 21.6 Å². The van der Waals surface area contributed by atoms with E-state index in [4.69, 9.17) is 0 Å². The fraction of sp³-hybridized carbons (Fsp3) is 0.571. The summed E-state index contributed by atoms with van der Waals surface area (Å²) >= 11 is 0. The monoisotopic (exact) mass is 329 g/mol. The van der Waals surface area contributed by atoms with Gasteiger partial charge in [0.15, 0.2) is 9.84 Å². The molecular formula is C14H19NO4S2. The first-order valence-electron chi connectivity index (χ1n) is 7.18. The number of aryl methyl sites for hydroxylation is 2. The van der Waals surface area contributed by atoms with Crippen molar-refractivity contribution in [3.05, 3.63) is 29.3 Å². The van der Waals surface area contributed by atoms with Gasteiger partial charge in [0.1, 0.15) is 0 Å². The molecule has 1 saturated heterocycles. The lowest BCUT2D eigenvalue weighted by molar-refractivity contribution is 0.543. The molecule has 1 heterocycles. The van der Waals surface area contributed by atoms with Crippen LogP contribution >= 0.6 is 0 Å². The van der Waals surface area contributed by atoms with Crippen molar-refractivity contribution >= 4 is 19.9 Å². The maximum absolute atomic E-state index is 12.3. The SMILES string of the molecule is O=S1(=O)CCC(CNS(=O)(=O)c2ccc3c(c2)CCC3)C1. The predicted molar refractivity (Wildman–Crippen MR) is 80.4 cm³/mol. The van der Waals surface area contributed by atoms with Crippen molar-refractivity contribution < 1.29 is 16.8 Å². The summed E-state index contributed by atoms with van der Waals surface area (Å²) in [6.07, 6.45) is 3.56. The number of benzene rings is 1. The average Bonchev–Trinajstić information content (AvgIpc) is 3.01. The molecule has 1 N–H and O–H groups in total. The van der Waals surface area contributed by atoms with Crippen molar-refractivity contribution in [2.24, 2.45) is 5.92 Å². The van der Waals surface area contributed by atoms with Crippen LogP contribution in [0.3, 0.4) is 0 Å². The average molecular weight is 329 g/mol. The fourth-order valence-electron chi connectivity index (χ4n) is 3.06. The number of fused-ring (bicyclic) bond motifs is 1. The van der Waals surface area contributed by atoms with Crippen LogP contribution in [0.5, 0.6) is 0 Å². The Labute approximate surface area is 125 Å². The van der Waals surface area contributed by atoms with E-state index < -0.39 is 19.9 Å². The van der Waals surface area contributed by atoms with Crippen LogP contribution in [0.1, 0.15) is 24.0 Å². The Balaban J connectivity index is 1.70.